The van der Waals surface area contributed by atoms with Gasteiger partial charge in [-0.3, -0.25) is 0 Å². The summed E-state index contributed by atoms with van der Waals surface area (Å²) in [4.78, 5) is 4.95. The lowest BCUT2D eigenvalue weighted by Crippen LogP contribution is -2.44. The molecule has 2 aromatic rings. The topological polar surface area (TPSA) is 18.5 Å². The van der Waals surface area contributed by atoms with Crippen LogP contribution in [0.3, 0.4) is 0 Å². The molecular weight excluding hydrogens is 318 g/mol. The first-order valence-electron chi connectivity index (χ1n) is 9.80. The van der Waals surface area contributed by atoms with E-state index in [1.54, 1.807) is 0 Å². The Morgan fingerprint density at radius 1 is 0.885 bits per heavy atom. The zero-order valence-electron chi connectivity index (χ0n) is 16.8. The maximum Gasteiger partial charge on any atom is 0.0616 e. The van der Waals surface area contributed by atoms with Crippen molar-refractivity contribution < 1.29 is 0 Å². The van der Waals surface area contributed by atoms with Crippen molar-refractivity contribution in [2.24, 2.45) is 0 Å². The summed E-state index contributed by atoms with van der Waals surface area (Å²) in [5, 5.41) is 3.79. The third-order valence-corrected chi connectivity index (χ3v) is 5.25. The van der Waals surface area contributed by atoms with Crippen LogP contribution in [-0.2, 0) is 11.8 Å². The predicted molar refractivity (Wildman–Crippen MR) is 113 cm³/mol. The second-order valence-electron chi connectivity index (χ2n) is 8.40. The minimum Gasteiger partial charge on any atom is -0.383 e. The summed E-state index contributed by atoms with van der Waals surface area (Å²) in [6, 6.07) is 17.5. The van der Waals surface area contributed by atoms with E-state index in [0.29, 0.717) is 0 Å². The van der Waals surface area contributed by atoms with E-state index < -0.39 is 0 Å². The third kappa shape index (κ3) is 4.59. The van der Waals surface area contributed by atoms with Crippen LogP contribution in [0.2, 0.25) is 0 Å². The van der Waals surface area contributed by atoms with Crippen LogP contribution in [0.25, 0.3) is 0 Å². The van der Waals surface area contributed by atoms with E-state index in [1.165, 1.54) is 22.5 Å². The van der Waals surface area contributed by atoms with E-state index in [1.807, 2.05) is 0 Å². The van der Waals surface area contributed by atoms with Crippen LogP contribution in [0.5, 0.6) is 0 Å². The summed E-state index contributed by atoms with van der Waals surface area (Å²) in [7, 11) is 2.21. The zero-order valence-corrected chi connectivity index (χ0v) is 16.8. The van der Waals surface area contributed by atoms with Crippen LogP contribution in [0.4, 0.5) is 11.4 Å². The molecule has 1 aliphatic heterocycles. The Hall–Kier alpha value is -2.00. The molecule has 1 heterocycles. The van der Waals surface area contributed by atoms with Crippen molar-refractivity contribution >= 4 is 11.4 Å². The molecule has 1 saturated heterocycles. The summed E-state index contributed by atoms with van der Waals surface area (Å²) in [5.74, 6) is 0. The van der Waals surface area contributed by atoms with Gasteiger partial charge in [-0.15, -0.1) is 0 Å². The first-order chi connectivity index (χ1) is 12.4. The highest BCUT2D eigenvalue weighted by Crippen LogP contribution is 2.37. The Kier molecular flexibility index (Phi) is 5.87. The number of benzene rings is 2. The van der Waals surface area contributed by atoms with Gasteiger partial charge in [-0.2, -0.15) is 0 Å². The van der Waals surface area contributed by atoms with Gasteiger partial charge in [0.25, 0.3) is 0 Å². The summed E-state index contributed by atoms with van der Waals surface area (Å²) in [6.45, 7) is 12.3. The molecule has 0 radical (unpaired) electrons. The quantitative estimate of drug-likeness (QED) is 0.862. The van der Waals surface area contributed by atoms with Crippen molar-refractivity contribution in [1.29, 1.82) is 0 Å². The number of rotatable bonds is 5. The van der Waals surface area contributed by atoms with Gasteiger partial charge in [0.15, 0.2) is 0 Å². The molecule has 3 heteroatoms. The van der Waals surface area contributed by atoms with Crippen LogP contribution >= 0.6 is 0 Å². The highest BCUT2D eigenvalue weighted by atomic mass is 15.3. The Morgan fingerprint density at radius 2 is 1.58 bits per heavy atom. The number of hydrogen-bond donors (Lipinski definition) is 1. The summed E-state index contributed by atoms with van der Waals surface area (Å²) < 4.78 is 0. The monoisotopic (exact) mass is 351 g/mol. The number of nitrogens with one attached hydrogen (secondary N) is 1. The van der Waals surface area contributed by atoms with Crippen molar-refractivity contribution in [2.45, 2.75) is 32.6 Å². The van der Waals surface area contributed by atoms with E-state index >= 15 is 0 Å². The lowest BCUT2D eigenvalue weighted by atomic mass is 9.85. The minimum atomic E-state index is 0.123. The van der Waals surface area contributed by atoms with Gasteiger partial charge in [0, 0.05) is 32.7 Å². The number of anilines is 2. The first kappa shape index (κ1) is 18.8. The first-order valence-corrected chi connectivity index (χ1v) is 9.80. The molecule has 1 fully saturated rings. The average Bonchev–Trinajstić information content (AvgIpc) is 2.62. The molecule has 0 aromatic heterocycles. The molecule has 0 bridgehead atoms. The normalized spacial score (nSPS) is 15.9. The molecule has 2 aromatic carbocycles. The van der Waals surface area contributed by atoms with Gasteiger partial charge in [0.2, 0.25) is 0 Å². The Labute approximate surface area is 159 Å². The van der Waals surface area contributed by atoms with Crippen molar-refractivity contribution in [2.75, 3.05) is 50.0 Å². The molecule has 1 aliphatic rings. The second-order valence-corrected chi connectivity index (χ2v) is 8.40. The van der Waals surface area contributed by atoms with Gasteiger partial charge >= 0.3 is 0 Å². The summed E-state index contributed by atoms with van der Waals surface area (Å²) >= 11 is 0. The molecular formula is C23H33N3. The molecule has 3 nitrogen and oxygen atoms in total. The highest BCUT2D eigenvalue weighted by molar-refractivity contribution is 5.75. The van der Waals surface area contributed by atoms with Crippen molar-refractivity contribution in [1.82, 2.24) is 4.90 Å². The SMILES string of the molecule is CN1CCN(c2cccc(C(C)(C)C)c2NCCc2ccccc2)CC1. The Balaban J connectivity index is 1.82. The molecule has 0 atom stereocenters. The Bertz CT molecular complexity index is 695. The molecule has 0 saturated carbocycles. The molecule has 0 amide bonds. The van der Waals surface area contributed by atoms with Crippen LogP contribution in [0.15, 0.2) is 48.5 Å². The second kappa shape index (κ2) is 8.13. The van der Waals surface area contributed by atoms with E-state index in [0.717, 1.165) is 39.1 Å². The molecule has 1 N–H and O–H groups in total. The molecule has 0 spiro atoms. The summed E-state index contributed by atoms with van der Waals surface area (Å²) in [5.41, 5.74) is 5.59. The third-order valence-electron chi connectivity index (χ3n) is 5.25. The van der Waals surface area contributed by atoms with E-state index in [2.05, 4.69) is 91.5 Å². The number of hydrogen-bond acceptors (Lipinski definition) is 3. The lowest BCUT2D eigenvalue weighted by Gasteiger charge is -2.37. The number of nitrogens with zero attached hydrogens (tertiary/aromatic N) is 2. The van der Waals surface area contributed by atoms with Crippen LogP contribution in [-0.4, -0.2) is 44.7 Å². The molecule has 140 valence electrons. The van der Waals surface area contributed by atoms with Gasteiger partial charge in [0.1, 0.15) is 0 Å². The molecule has 0 aliphatic carbocycles. The molecule has 3 rings (SSSR count). The summed E-state index contributed by atoms with van der Waals surface area (Å²) in [6.07, 6.45) is 1.04. The maximum atomic E-state index is 3.79. The van der Waals surface area contributed by atoms with Gasteiger partial charge in [0.05, 0.1) is 11.4 Å². The van der Waals surface area contributed by atoms with Gasteiger partial charge in [-0.25, -0.2) is 0 Å². The van der Waals surface area contributed by atoms with Gasteiger partial charge in [-0.1, -0.05) is 63.2 Å². The van der Waals surface area contributed by atoms with E-state index in [4.69, 9.17) is 0 Å². The van der Waals surface area contributed by atoms with Gasteiger partial charge < -0.3 is 15.1 Å². The molecule has 0 unspecified atom stereocenters. The maximum absolute atomic E-state index is 3.79. The van der Waals surface area contributed by atoms with Gasteiger partial charge in [-0.05, 0) is 36.1 Å². The number of likely N-dealkylation sites (N-methyl/N-ethyl adjacent to an activating group) is 1. The standard InChI is InChI=1S/C23H33N3/c1-23(2,3)20-11-8-12-21(26-17-15-25(4)16-18-26)22(20)24-14-13-19-9-6-5-7-10-19/h5-12,24H,13-18H2,1-4H3. The van der Waals surface area contributed by atoms with Crippen molar-refractivity contribution in [3.05, 3.63) is 59.7 Å². The molecule has 26 heavy (non-hydrogen) atoms. The fourth-order valence-electron chi connectivity index (χ4n) is 3.64. The van der Waals surface area contributed by atoms with Crippen LogP contribution < -0.4 is 10.2 Å². The number of para-hydroxylation sites is 1. The lowest BCUT2D eigenvalue weighted by molar-refractivity contribution is 0.313. The number of piperazine rings is 1. The van der Waals surface area contributed by atoms with Crippen LogP contribution in [0.1, 0.15) is 31.9 Å². The highest BCUT2D eigenvalue weighted by Gasteiger charge is 2.23. The fourth-order valence-corrected chi connectivity index (χ4v) is 3.64. The zero-order chi connectivity index (χ0) is 18.6. The van der Waals surface area contributed by atoms with Crippen LogP contribution in [0, 0.1) is 0 Å². The minimum absolute atomic E-state index is 0.123. The Morgan fingerprint density at radius 3 is 2.23 bits per heavy atom. The predicted octanol–water partition coefficient (Wildman–Crippen LogP) is 4.39. The van der Waals surface area contributed by atoms with E-state index in [9.17, 15) is 0 Å². The van der Waals surface area contributed by atoms with Crippen molar-refractivity contribution in [3.8, 4) is 0 Å². The smallest absolute Gasteiger partial charge is 0.0616 e. The van der Waals surface area contributed by atoms with Crippen molar-refractivity contribution in [3.63, 3.8) is 0 Å². The van der Waals surface area contributed by atoms with E-state index in [-0.39, 0.29) is 5.41 Å². The average molecular weight is 352 g/mol. The largest absolute Gasteiger partial charge is 0.383 e. The fraction of sp³-hybridized carbons (Fsp3) is 0.478.